The molecule has 0 aliphatic heterocycles. The van der Waals surface area contributed by atoms with Crippen molar-refractivity contribution in [2.24, 2.45) is 5.92 Å². The predicted molar refractivity (Wildman–Crippen MR) is 123 cm³/mol. The molecule has 3 aromatic rings. The number of sulfone groups is 1. The van der Waals surface area contributed by atoms with Crippen molar-refractivity contribution in [3.63, 3.8) is 0 Å². The number of ketones is 1. The quantitative estimate of drug-likeness (QED) is 0.379. The lowest BCUT2D eigenvalue weighted by Crippen LogP contribution is -2.41. The normalized spacial score (nSPS) is 20.5. The summed E-state index contributed by atoms with van der Waals surface area (Å²) in [4.78, 5) is 23.9. The number of hydrogen-bond acceptors (Lipinski definition) is 5. The molecular formula is C25H21ClF2O6S. The van der Waals surface area contributed by atoms with E-state index in [-0.39, 0.29) is 59.8 Å². The molecule has 0 atom stereocenters. The third-order valence-electron chi connectivity index (χ3n) is 6.59. The molecule has 1 aliphatic carbocycles. The van der Waals surface area contributed by atoms with E-state index in [0.717, 1.165) is 24.5 Å². The number of benzene rings is 2. The molecule has 0 spiro atoms. The van der Waals surface area contributed by atoms with Crippen LogP contribution in [0.4, 0.5) is 8.78 Å². The zero-order chi connectivity index (χ0) is 25.4. The van der Waals surface area contributed by atoms with Crippen LogP contribution in [0.1, 0.15) is 58.6 Å². The first-order valence-electron chi connectivity index (χ1n) is 10.8. The summed E-state index contributed by atoms with van der Waals surface area (Å²) in [5, 5.41) is 9.54. The van der Waals surface area contributed by atoms with E-state index in [1.54, 1.807) is 0 Å². The van der Waals surface area contributed by atoms with Gasteiger partial charge in [-0.2, -0.15) is 0 Å². The van der Waals surface area contributed by atoms with Crippen molar-refractivity contribution in [1.82, 2.24) is 0 Å². The van der Waals surface area contributed by atoms with Crippen molar-refractivity contribution in [2.45, 2.75) is 41.7 Å². The molecule has 0 saturated heterocycles. The zero-order valence-electron chi connectivity index (χ0n) is 18.3. The Balaban J connectivity index is 1.66. The van der Waals surface area contributed by atoms with E-state index >= 15 is 0 Å². The Morgan fingerprint density at radius 3 is 2.34 bits per heavy atom. The van der Waals surface area contributed by atoms with Crippen LogP contribution in [0, 0.1) is 17.6 Å². The first-order chi connectivity index (χ1) is 16.5. The standard InChI is InChI=1S/C25H21ClF2O6S/c26-16-1-4-18(5-2-16)35(32,33)25(20-14-17(27)3-6-21(20)28)10-7-15(8-11-25)13-22(29)23-19(24(30)31)9-12-34-23/h1-6,9,12,14-15H,7-8,10-11,13H2,(H,30,31). The number of carboxylic acids is 1. The van der Waals surface area contributed by atoms with Gasteiger partial charge in [-0.25, -0.2) is 22.0 Å². The highest BCUT2D eigenvalue weighted by molar-refractivity contribution is 7.92. The number of hydrogen-bond donors (Lipinski definition) is 1. The van der Waals surface area contributed by atoms with E-state index in [2.05, 4.69) is 0 Å². The van der Waals surface area contributed by atoms with Crippen LogP contribution in [0.25, 0.3) is 0 Å². The Kier molecular flexibility index (Phi) is 6.83. The molecule has 0 bridgehead atoms. The predicted octanol–water partition coefficient (Wildman–Crippen LogP) is 6.04. The lowest BCUT2D eigenvalue weighted by molar-refractivity contribution is 0.0687. The average Bonchev–Trinajstić information content (AvgIpc) is 3.32. The molecule has 0 unspecified atom stereocenters. The highest BCUT2D eigenvalue weighted by atomic mass is 35.5. The fraction of sp³-hybridized carbons (Fsp3) is 0.280. The fourth-order valence-corrected chi connectivity index (χ4v) is 7.06. The third kappa shape index (κ3) is 4.62. The van der Waals surface area contributed by atoms with Gasteiger partial charge in [-0.05, 0) is 80.1 Å². The molecule has 1 N–H and O–H groups in total. The summed E-state index contributed by atoms with van der Waals surface area (Å²) in [7, 11) is -4.19. The maximum absolute atomic E-state index is 14.9. The number of carbonyl (C=O) groups excluding carboxylic acids is 1. The van der Waals surface area contributed by atoms with Crippen LogP contribution in [-0.4, -0.2) is 25.3 Å². The van der Waals surface area contributed by atoms with Gasteiger partial charge in [-0.3, -0.25) is 4.79 Å². The van der Waals surface area contributed by atoms with Crippen molar-refractivity contribution in [3.8, 4) is 0 Å². The van der Waals surface area contributed by atoms with E-state index in [4.69, 9.17) is 16.0 Å². The Labute approximate surface area is 205 Å². The number of carboxylic acid groups (broad SMARTS) is 1. The first-order valence-corrected chi connectivity index (χ1v) is 12.7. The maximum Gasteiger partial charge on any atom is 0.339 e. The van der Waals surface area contributed by atoms with Crippen LogP contribution in [0.5, 0.6) is 0 Å². The molecule has 1 aromatic heterocycles. The number of aromatic carboxylic acids is 1. The molecule has 1 heterocycles. The minimum Gasteiger partial charge on any atom is -0.478 e. The van der Waals surface area contributed by atoms with Gasteiger partial charge in [0.25, 0.3) is 0 Å². The molecule has 6 nitrogen and oxygen atoms in total. The minimum absolute atomic E-state index is 0.0553. The molecule has 0 amide bonds. The third-order valence-corrected chi connectivity index (χ3v) is 9.40. The summed E-state index contributed by atoms with van der Waals surface area (Å²) in [5.74, 6) is -3.95. The van der Waals surface area contributed by atoms with E-state index in [1.807, 2.05) is 0 Å². The van der Waals surface area contributed by atoms with Crippen LogP contribution >= 0.6 is 11.6 Å². The molecule has 10 heteroatoms. The van der Waals surface area contributed by atoms with Gasteiger partial charge in [0.05, 0.1) is 11.2 Å². The molecule has 4 rings (SSSR count). The van der Waals surface area contributed by atoms with Crippen LogP contribution < -0.4 is 0 Å². The summed E-state index contributed by atoms with van der Waals surface area (Å²) in [6, 6.07) is 9.42. The van der Waals surface area contributed by atoms with Crippen LogP contribution in [0.2, 0.25) is 5.02 Å². The Bertz CT molecular complexity index is 1370. The molecule has 2 aromatic carbocycles. The van der Waals surface area contributed by atoms with E-state index in [0.29, 0.717) is 5.02 Å². The molecule has 1 fully saturated rings. The van der Waals surface area contributed by atoms with Gasteiger partial charge < -0.3 is 9.52 Å². The highest BCUT2D eigenvalue weighted by Gasteiger charge is 2.50. The number of Topliss-reactive ketones (excluding diaryl/α,β-unsaturated/α-hetero) is 1. The second-order valence-electron chi connectivity index (χ2n) is 8.62. The zero-order valence-corrected chi connectivity index (χ0v) is 19.9. The summed E-state index contributed by atoms with van der Waals surface area (Å²) in [6.45, 7) is 0. The van der Waals surface area contributed by atoms with Crippen LogP contribution in [-0.2, 0) is 14.6 Å². The minimum atomic E-state index is -4.19. The smallest absolute Gasteiger partial charge is 0.339 e. The molecule has 0 radical (unpaired) electrons. The van der Waals surface area contributed by atoms with Gasteiger partial charge in [0, 0.05) is 17.0 Å². The molecule has 1 saturated carbocycles. The Morgan fingerprint density at radius 1 is 1.06 bits per heavy atom. The van der Waals surface area contributed by atoms with E-state index < -0.39 is 38.0 Å². The average molecular weight is 523 g/mol. The fourth-order valence-electron chi connectivity index (χ4n) is 4.77. The van der Waals surface area contributed by atoms with Crippen molar-refractivity contribution < 1.29 is 36.3 Å². The van der Waals surface area contributed by atoms with Crippen LogP contribution in [0.15, 0.2) is 64.1 Å². The number of rotatable bonds is 7. The summed E-state index contributed by atoms with van der Waals surface area (Å²) < 4.78 is 60.1. The van der Waals surface area contributed by atoms with Crippen molar-refractivity contribution in [2.75, 3.05) is 0 Å². The highest BCUT2D eigenvalue weighted by Crippen LogP contribution is 2.50. The molecule has 184 valence electrons. The second kappa shape index (κ2) is 9.54. The number of furan rings is 1. The largest absolute Gasteiger partial charge is 0.478 e. The van der Waals surface area contributed by atoms with Gasteiger partial charge in [-0.15, -0.1) is 0 Å². The summed E-state index contributed by atoms with van der Waals surface area (Å²) in [6.07, 6.45) is 1.39. The van der Waals surface area contributed by atoms with Gasteiger partial charge >= 0.3 is 5.97 Å². The number of carbonyl (C=O) groups is 2. The van der Waals surface area contributed by atoms with Crippen molar-refractivity contribution in [1.29, 1.82) is 0 Å². The Morgan fingerprint density at radius 2 is 1.71 bits per heavy atom. The molecule has 35 heavy (non-hydrogen) atoms. The van der Waals surface area contributed by atoms with E-state index in [9.17, 15) is 31.9 Å². The lowest BCUT2D eigenvalue weighted by atomic mass is 9.76. The summed E-state index contributed by atoms with van der Waals surface area (Å²) >= 11 is 5.90. The topological polar surface area (TPSA) is 102 Å². The monoisotopic (exact) mass is 522 g/mol. The van der Waals surface area contributed by atoms with Crippen molar-refractivity contribution in [3.05, 3.63) is 88.3 Å². The lowest BCUT2D eigenvalue weighted by Gasteiger charge is -2.40. The SMILES string of the molecule is O=C(O)c1ccoc1C(=O)CC1CCC(c2cc(F)ccc2F)(S(=O)(=O)c2ccc(Cl)cc2)CC1. The Hall–Kier alpha value is -3.04. The van der Waals surface area contributed by atoms with Gasteiger partial charge in [0.1, 0.15) is 21.9 Å². The molecular weight excluding hydrogens is 502 g/mol. The summed E-state index contributed by atoms with van der Waals surface area (Å²) in [5.41, 5.74) is -0.497. The van der Waals surface area contributed by atoms with Gasteiger partial charge in [-0.1, -0.05) is 11.6 Å². The maximum atomic E-state index is 14.9. The first kappa shape index (κ1) is 25.1. The second-order valence-corrected chi connectivity index (χ2v) is 11.3. The number of halogens is 3. The molecule has 1 aliphatic rings. The van der Waals surface area contributed by atoms with Gasteiger partial charge in [0.15, 0.2) is 21.4 Å². The van der Waals surface area contributed by atoms with Crippen LogP contribution in [0.3, 0.4) is 0 Å². The van der Waals surface area contributed by atoms with E-state index in [1.165, 1.54) is 30.3 Å². The van der Waals surface area contributed by atoms with Gasteiger partial charge in [0.2, 0.25) is 0 Å². The van der Waals surface area contributed by atoms with Crippen molar-refractivity contribution >= 4 is 33.2 Å².